The predicted octanol–water partition coefficient (Wildman–Crippen LogP) is 5.71. The van der Waals surface area contributed by atoms with Gasteiger partial charge in [-0.2, -0.15) is 0 Å². The van der Waals surface area contributed by atoms with E-state index in [9.17, 15) is 4.79 Å². The van der Waals surface area contributed by atoms with E-state index in [1.165, 1.54) is 0 Å². The fourth-order valence-electron chi connectivity index (χ4n) is 4.14. The van der Waals surface area contributed by atoms with Gasteiger partial charge >= 0.3 is 0 Å². The first-order valence-electron chi connectivity index (χ1n) is 9.87. The fraction of sp³-hybridized carbons (Fsp3) is 0.261. The van der Waals surface area contributed by atoms with Crippen molar-refractivity contribution in [2.75, 3.05) is 5.32 Å². The number of ketones is 1. The Hall–Kier alpha value is -2.70. The van der Waals surface area contributed by atoms with Gasteiger partial charge in [0.15, 0.2) is 10.9 Å². The van der Waals surface area contributed by atoms with E-state index in [2.05, 4.69) is 29.5 Å². The van der Waals surface area contributed by atoms with E-state index in [0.29, 0.717) is 17.4 Å². The maximum Gasteiger partial charge on any atom is 0.202 e. The van der Waals surface area contributed by atoms with Crippen molar-refractivity contribution < 1.29 is 4.79 Å². The first-order chi connectivity index (χ1) is 14.4. The molecule has 0 bridgehead atoms. The van der Waals surface area contributed by atoms with Gasteiger partial charge in [0.2, 0.25) is 5.96 Å². The smallest absolute Gasteiger partial charge is 0.202 e. The molecule has 0 unspecified atom stereocenters. The van der Waals surface area contributed by atoms with E-state index in [1.54, 1.807) is 11.3 Å². The lowest BCUT2D eigenvalue weighted by Crippen LogP contribution is -2.41. The van der Waals surface area contributed by atoms with E-state index in [4.69, 9.17) is 16.6 Å². The van der Waals surface area contributed by atoms with Gasteiger partial charge in [0.05, 0.1) is 10.2 Å². The van der Waals surface area contributed by atoms with Gasteiger partial charge in [-0.05, 0) is 41.7 Å². The number of aliphatic imine (C=N–C) groups is 1. The van der Waals surface area contributed by atoms with Crippen molar-refractivity contribution in [1.82, 2.24) is 10.3 Å². The average molecular weight is 437 g/mol. The summed E-state index contributed by atoms with van der Waals surface area (Å²) in [5, 5.41) is 8.10. The molecule has 1 aliphatic carbocycles. The Morgan fingerprint density at radius 3 is 2.80 bits per heavy atom. The van der Waals surface area contributed by atoms with Crippen molar-refractivity contribution in [3.63, 3.8) is 0 Å². The van der Waals surface area contributed by atoms with E-state index < -0.39 is 0 Å². The maximum absolute atomic E-state index is 13.1. The third-order valence-corrected chi connectivity index (χ3v) is 6.59. The molecule has 3 aromatic rings. The molecule has 152 valence electrons. The fourth-order valence-corrected chi connectivity index (χ4v) is 5.20. The lowest BCUT2D eigenvalue weighted by atomic mass is 9.73. The Morgan fingerprint density at radius 1 is 1.17 bits per heavy atom. The number of aromatic nitrogens is 1. The summed E-state index contributed by atoms with van der Waals surface area (Å²) in [6, 6.07) is 15.2. The van der Waals surface area contributed by atoms with Crippen LogP contribution in [-0.2, 0) is 4.79 Å². The normalized spacial score (nSPS) is 20.6. The van der Waals surface area contributed by atoms with Gasteiger partial charge in [0, 0.05) is 22.7 Å². The number of fused-ring (bicyclic) bond motifs is 1. The number of para-hydroxylation sites is 1. The summed E-state index contributed by atoms with van der Waals surface area (Å²) < 4.78 is 1.11. The Kier molecular flexibility index (Phi) is 4.64. The first-order valence-corrected chi connectivity index (χ1v) is 11.1. The molecule has 0 saturated heterocycles. The van der Waals surface area contributed by atoms with E-state index >= 15 is 0 Å². The second-order valence-electron chi connectivity index (χ2n) is 8.51. The van der Waals surface area contributed by atoms with Gasteiger partial charge in [0.1, 0.15) is 6.04 Å². The SMILES string of the molecule is CC1(C)CC(=O)C2=C(C1)NC(Nc1nc3ccccc3s1)=N[C@H]2c1cccc(Cl)c1. The summed E-state index contributed by atoms with van der Waals surface area (Å²) in [5.74, 6) is 0.741. The van der Waals surface area contributed by atoms with E-state index in [-0.39, 0.29) is 17.2 Å². The number of benzene rings is 2. The van der Waals surface area contributed by atoms with Gasteiger partial charge < -0.3 is 10.6 Å². The van der Waals surface area contributed by atoms with Crippen molar-refractivity contribution in [3.05, 3.63) is 70.4 Å². The molecule has 0 amide bonds. The number of halogens is 1. The number of Topliss-reactive ketones (excluding diaryl/α,β-unsaturated/α-hetero) is 1. The summed E-state index contributed by atoms with van der Waals surface area (Å²) in [5.41, 5.74) is 3.43. The molecule has 0 radical (unpaired) electrons. The largest absolute Gasteiger partial charge is 0.329 e. The highest BCUT2D eigenvalue weighted by atomic mass is 35.5. The van der Waals surface area contributed by atoms with Crippen LogP contribution in [-0.4, -0.2) is 16.7 Å². The lowest BCUT2D eigenvalue weighted by Gasteiger charge is -2.37. The second-order valence-corrected chi connectivity index (χ2v) is 9.97. The van der Waals surface area contributed by atoms with E-state index in [1.807, 2.05) is 48.5 Å². The molecule has 2 aromatic carbocycles. The third-order valence-electron chi connectivity index (χ3n) is 5.40. The molecule has 0 fully saturated rings. The number of nitrogens with one attached hydrogen (secondary N) is 2. The molecule has 2 heterocycles. The van der Waals surface area contributed by atoms with Crippen LogP contribution in [0.3, 0.4) is 0 Å². The zero-order chi connectivity index (χ0) is 20.9. The zero-order valence-electron chi connectivity index (χ0n) is 16.7. The number of allylic oxidation sites excluding steroid dienone is 1. The first kappa shape index (κ1) is 19.3. The Balaban J connectivity index is 1.55. The topological polar surface area (TPSA) is 66.4 Å². The minimum Gasteiger partial charge on any atom is -0.329 e. The highest BCUT2D eigenvalue weighted by Crippen LogP contribution is 2.43. The highest BCUT2D eigenvalue weighted by Gasteiger charge is 2.39. The number of carbonyl (C=O) groups excluding carboxylic acids is 1. The molecule has 1 aliphatic heterocycles. The van der Waals surface area contributed by atoms with Crippen molar-refractivity contribution in [1.29, 1.82) is 0 Å². The summed E-state index contributed by atoms with van der Waals surface area (Å²) in [6.07, 6.45) is 1.30. The molecule has 30 heavy (non-hydrogen) atoms. The minimum absolute atomic E-state index is 0.0971. The minimum atomic E-state index is -0.388. The number of nitrogens with zero attached hydrogens (tertiary/aromatic N) is 2. The summed E-state index contributed by atoms with van der Waals surface area (Å²) in [7, 11) is 0. The van der Waals surface area contributed by atoms with Crippen molar-refractivity contribution in [2.45, 2.75) is 32.7 Å². The van der Waals surface area contributed by atoms with Crippen LogP contribution in [0.25, 0.3) is 10.2 Å². The van der Waals surface area contributed by atoms with Crippen molar-refractivity contribution >= 4 is 50.0 Å². The number of hydrogen-bond acceptors (Lipinski definition) is 6. The standard InChI is InChI=1S/C23H21ClN4OS/c1-23(2)11-16-19(17(29)12-23)20(13-6-5-7-14(24)10-13)27-21(25-16)28-22-26-15-8-3-4-9-18(15)30-22/h3-10,20H,11-12H2,1-2H3,(H2,25,26,27,28)/t20-/m0/s1. The molecule has 0 saturated carbocycles. The Morgan fingerprint density at radius 2 is 2.00 bits per heavy atom. The summed E-state index contributed by atoms with van der Waals surface area (Å²) >= 11 is 7.82. The van der Waals surface area contributed by atoms with Gasteiger partial charge in [-0.25, -0.2) is 9.98 Å². The molecule has 0 spiro atoms. The van der Waals surface area contributed by atoms with Crippen molar-refractivity contribution in [3.8, 4) is 0 Å². The number of guanidine groups is 1. The number of thiazole rings is 1. The zero-order valence-corrected chi connectivity index (χ0v) is 18.3. The molecule has 1 atom stereocenters. The highest BCUT2D eigenvalue weighted by molar-refractivity contribution is 7.22. The van der Waals surface area contributed by atoms with Crippen LogP contribution < -0.4 is 10.6 Å². The Bertz CT molecular complexity index is 1190. The molecular weight excluding hydrogens is 416 g/mol. The Labute approximate surface area is 183 Å². The molecule has 2 N–H and O–H groups in total. The number of hydrogen-bond donors (Lipinski definition) is 2. The molecule has 5 rings (SSSR count). The van der Waals surface area contributed by atoms with Gasteiger partial charge in [-0.1, -0.05) is 61.1 Å². The molecule has 1 aromatic heterocycles. The lowest BCUT2D eigenvalue weighted by molar-refractivity contribution is -0.118. The van der Waals surface area contributed by atoms with Crippen LogP contribution >= 0.6 is 22.9 Å². The van der Waals surface area contributed by atoms with Crippen molar-refractivity contribution in [2.24, 2.45) is 10.4 Å². The number of anilines is 1. The van der Waals surface area contributed by atoms with Gasteiger partial charge in [-0.15, -0.1) is 0 Å². The van der Waals surface area contributed by atoms with Crippen LogP contribution in [0.15, 0.2) is 64.8 Å². The molecule has 7 heteroatoms. The van der Waals surface area contributed by atoms with Crippen LogP contribution in [0.5, 0.6) is 0 Å². The number of carbonyl (C=O) groups is 1. The number of rotatable bonds is 2. The monoisotopic (exact) mass is 436 g/mol. The molecular formula is C23H21ClN4OS. The third kappa shape index (κ3) is 3.61. The average Bonchev–Trinajstić information content (AvgIpc) is 3.08. The van der Waals surface area contributed by atoms with Crippen LogP contribution in [0.4, 0.5) is 5.13 Å². The van der Waals surface area contributed by atoms with Gasteiger partial charge in [-0.3, -0.25) is 4.79 Å². The van der Waals surface area contributed by atoms with Crippen LogP contribution in [0.1, 0.15) is 38.3 Å². The van der Waals surface area contributed by atoms with Crippen LogP contribution in [0.2, 0.25) is 5.02 Å². The molecule has 5 nitrogen and oxygen atoms in total. The molecule has 2 aliphatic rings. The van der Waals surface area contributed by atoms with Gasteiger partial charge in [0.25, 0.3) is 0 Å². The van der Waals surface area contributed by atoms with Crippen LogP contribution in [0, 0.1) is 5.41 Å². The summed E-state index contributed by atoms with van der Waals surface area (Å²) in [4.78, 5) is 22.6. The quantitative estimate of drug-likeness (QED) is 0.540. The van der Waals surface area contributed by atoms with E-state index in [0.717, 1.165) is 38.6 Å². The second kappa shape index (κ2) is 7.22. The summed E-state index contributed by atoms with van der Waals surface area (Å²) in [6.45, 7) is 4.24. The maximum atomic E-state index is 13.1. The predicted molar refractivity (Wildman–Crippen MR) is 123 cm³/mol.